The molecule has 1 amide bonds. The highest BCUT2D eigenvalue weighted by molar-refractivity contribution is 7.91. The van der Waals surface area contributed by atoms with Gasteiger partial charge in [-0.3, -0.25) is 4.79 Å². The molecule has 2 aromatic rings. The molecule has 21 heavy (non-hydrogen) atoms. The van der Waals surface area contributed by atoms with Gasteiger partial charge in [0.1, 0.15) is 0 Å². The minimum Gasteiger partial charge on any atom is -0.300 e. The molecular weight excluding hydrogens is 330 g/mol. The first-order chi connectivity index (χ1) is 9.93. The molecule has 1 unspecified atom stereocenters. The van der Waals surface area contributed by atoms with Crippen LogP contribution in [0.15, 0.2) is 12.1 Å². The zero-order valence-corrected chi connectivity index (χ0v) is 13.6. The van der Waals surface area contributed by atoms with Gasteiger partial charge in [0.2, 0.25) is 11.0 Å². The number of hydrogen-bond acceptors (Lipinski definition) is 7. The first-order valence-electron chi connectivity index (χ1n) is 6.35. The lowest BCUT2D eigenvalue weighted by molar-refractivity contribution is -0.119. The second kappa shape index (κ2) is 5.47. The third kappa shape index (κ3) is 3.30. The van der Waals surface area contributed by atoms with Crippen molar-refractivity contribution in [2.45, 2.75) is 13.3 Å². The molecule has 0 bridgehead atoms. The number of anilines is 1. The molecule has 1 saturated heterocycles. The van der Waals surface area contributed by atoms with Crippen LogP contribution in [-0.2, 0) is 14.6 Å². The van der Waals surface area contributed by atoms with Crippen LogP contribution in [0.25, 0.3) is 10.7 Å². The summed E-state index contributed by atoms with van der Waals surface area (Å²) in [4.78, 5) is 18.4. The van der Waals surface area contributed by atoms with E-state index in [-0.39, 0.29) is 17.4 Å². The number of rotatable bonds is 3. The van der Waals surface area contributed by atoms with Gasteiger partial charge < -0.3 is 5.32 Å². The molecule has 0 aliphatic carbocycles. The van der Waals surface area contributed by atoms with E-state index in [0.717, 1.165) is 16.4 Å². The zero-order chi connectivity index (χ0) is 15.0. The molecule has 1 fully saturated rings. The number of nitrogens with one attached hydrogen (secondary N) is 1. The van der Waals surface area contributed by atoms with Crippen LogP contribution in [0.4, 0.5) is 5.13 Å². The molecule has 3 rings (SSSR count). The van der Waals surface area contributed by atoms with Crippen molar-refractivity contribution in [3.8, 4) is 10.7 Å². The Labute approximate surface area is 130 Å². The van der Waals surface area contributed by atoms with Gasteiger partial charge in [0, 0.05) is 16.4 Å². The highest BCUT2D eigenvalue weighted by Crippen LogP contribution is 2.28. The minimum absolute atomic E-state index is 0.0748. The van der Waals surface area contributed by atoms with Crippen molar-refractivity contribution in [3.63, 3.8) is 0 Å². The van der Waals surface area contributed by atoms with Crippen LogP contribution in [0.3, 0.4) is 0 Å². The first kappa shape index (κ1) is 14.6. The monoisotopic (exact) mass is 343 g/mol. The van der Waals surface area contributed by atoms with Crippen LogP contribution in [0.2, 0.25) is 0 Å². The number of aromatic nitrogens is 2. The Hall–Kier alpha value is -1.32. The number of nitrogens with zero attached hydrogens (tertiary/aromatic N) is 2. The summed E-state index contributed by atoms with van der Waals surface area (Å²) in [6.07, 6.45) is 0.379. The van der Waals surface area contributed by atoms with Gasteiger partial charge in [-0.1, -0.05) is 0 Å². The van der Waals surface area contributed by atoms with E-state index in [1.807, 2.05) is 19.1 Å². The Kier molecular flexibility index (Phi) is 3.80. The lowest BCUT2D eigenvalue weighted by Gasteiger charge is -2.05. The van der Waals surface area contributed by atoms with Crippen molar-refractivity contribution in [2.75, 3.05) is 16.8 Å². The third-order valence-electron chi connectivity index (χ3n) is 3.22. The molecule has 2 aromatic heterocycles. The topological polar surface area (TPSA) is 89.0 Å². The van der Waals surface area contributed by atoms with E-state index in [1.165, 1.54) is 4.88 Å². The van der Waals surface area contributed by atoms with E-state index in [4.69, 9.17) is 0 Å². The number of carbonyl (C=O) groups is 1. The third-order valence-corrected chi connectivity index (χ3v) is 6.62. The summed E-state index contributed by atoms with van der Waals surface area (Å²) < 4.78 is 27.0. The molecule has 112 valence electrons. The van der Waals surface area contributed by atoms with Crippen LogP contribution in [0.1, 0.15) is 11.3 Å². The summed E-state index contributed by atoms with van der Waals surface area (Å²) in [6.45, 7) is 2.00. The minimum atomic E-state index is -3.06. The van der Waals surface area contributed by atoms with Crippen LogP contribution >= 0.6 is 22.9 Å². The fraction of sp³-hybridized carbons (Fsp3) is 0.417. The Morgan fingerprint density at radius 1 is 1.43 bits per heavy atom. The lowest BCUT2D eigenvalue weighted by atomic mass is 10.1. The quantitative estimate of drug-likeness (QED) is 0.920. The zero-order valence-electron chi connectivity index (χ0n) is 11.2. The largest absolute Gasteiger partial charge is 0.300 e. The fourth-order valence-electron chi connectivity index (χ4n) is 2.14. The molecule has 3 heterocycles. The summed E-state index contributed by atoms with van der Waals surface area (Å²) >= 11 is 2.69. The number of amides is 1. The van der Waals surface area contributed by atoms with Crippen LogP contribution in [-0.4, -0.2) is 35.2 Å². The Bertz CT molecular complexity index is 779. The summed E-state index contributed by atoms with van der Waals surface area (Å²) in [5.74, 6) is -0.171. The van der Waals surface area contributed by atoms with Gasteiger partial charge >= 0.3 is 0 Å². The number of carbonyl (C=O) groups excluding carboxylic acids is 1. The van der Waals surface area contributed by atoms with Crippen LogP contribution < -0.4 is 5.32 Å². The molecule has 6 nitrogen and oxygen atoms in total. The molecule has 0 aromatic carbocycles. The summed E-state index contributed by atoms with van der Waals surface area (Å²) in [5, 5.41) is 3.07. The maximum Gasteiger partial charge on any atom is 0.230 e. The van der Waals surface area contributed by atoms with E-state index in [9.17, 15) is 13.2 Å². The van der Waals surface area contributed by atoms with Crippen molar-refractivity contribution >= 4 is 43.7 Å². The Morgan fingerprint density at radius 3 is 2.86 bits per heavy atom. The fourth-order valence-corrected chi connectivity index (χ4v) is 5.32. The average molecular weight is 343 g/mol. The predicted octanol–water partition coefficient (Wildman–Crippen LogP) is 1.95. The number of hydrogen-bond donors (Lipinski definition) is 1. The normalized spacial score (nSPS) is 20.5. The van der Waals surface area contributed by atoms with Crippen LogP contribution in [0.5, 0.6) is 0 Å². The summed E-state index contributed by atoms with van der Waals surface area (Å²) in [5.41, 5.74) is 0. The van der Waals surface area contributed by atoms with Crippen molar-refractivity contribution < 1.29 is 13.2 Å². The highest BCUT2D eigenvalue weighted by Gasteiger charge is 2.33. The van der Waals surface area contributed by atoms with Crippen molar-refractivity contribution in [1.82, 2.24) is 9.36 Å². The molecule has 0 saturated carbocycles. The van der Waals surface area contributed by atoms with Gasteiger partial charge in [0.05, 0.1) is 22.3 Å². The number of thiophene rings is 1. The predicted molar refractivity (Wildman–Crippen MR) is 83.3 cm³/mol. The Morgan fingerprint density at radius 2 is 2.24 bits per heavy atom. The van der Waals surface area contributed by atoms with E-state index in [0.29, 0.717) is 17.4 Å². The standard InChI is InChI=1S/C12H13N3O3S3/c1-7-2-3-9(19-7)10-13-12(20-15-10)14-11(16)8-4-5-21(17,18)6-8/h2-3,8H,4-6H2,1H3,(H,13,14,15,16). The SMILES string of the molecule is Cc1ccc(-c2nsc(NC(=O)C3CCS(=O)(=O)C3)n2)s1. The van der Waals surface area contributed by atoms with Gasteiger partial charge in [0.25, 0.3) is 0 Å². The maximum absolute atomic E-state index is 12.0. The van der Waals surface area contributed by atoms with Gasteiger partial charge in [-0.2, -0.15) is 9.36 Å². The molecule has 0 radical (unpaired) electrons. The molecule has 0 spiro atoms. The molecule has 1 aliphatic rings. The lowest BCUT2D eigenvalue weighted by Crippen LogP contribution is -2.23. The van der Waals surface area contributed by atoms with E-state index >= 15 is 0 Å². The average Bonchev–Trinajstić information content (AvgIpc) is 3.09. The van der Waals surface area contributed by atoms with E-state index in [2.05, 4.69) is 14.7 Å². The van der Waals surface area contributed by atoms with Crippen molar-refractivity contribution in [3.05, 3.63) is 17.0 Å². The highest BCUT2D eigenvalue weighted by atomic mass is 32.2. The van der Waals surface area contributed by atoms with Gasteiger partial charge in [-0.15, -0.1) is 11.3 Å². The summed E-state index contributed by atoms with van der Waals surface area (Å²) in [6, 6.07) is 3.93. The molecule has 1 N–H and O–H groups in total. The van der Waals surface area contributed by atoms with Crippen LogP contribution in [0, 0.1) is 12.8 Å². The number of aryl methyl sites for hydroxylation is 1. The number of sulfone groups is 1. The second-order valence-corrected chi connectivity index (χ2v) is 9.19. The second-order valence-electron chi connectivity index (χ2n) is 4.92. The smallest absolute Gasteiger partial charge is 0.230 e. The molecule has 9 heteroatoms. The molecule has 1 aliphatic heterocycles. The van der Waals surface area contributed by atoms with E-state index < -0.39 is 15.8 Å². The molecule has 1 atom stereocenters. The van der Waals surface area contributed by atoms with Crippen molar-refractivity contribution in [2.24, 2.45) is 5.92 Å². The van der Waals surface area contributed by atoms with Gasteiger partial charge in [-0.25, -0.2) is 8.42 Å². The first-order valence-corrected chi connectivity index (χ1v) is 9.76. The maximum atomic E-state index is 12.0. The van der Waals surface area contributed by atoms with Crippen molar-refractivity contribution in [1.29, 1.82) is 0 Å². The van der Waals surface area contributed by atoms with Gasteiger partial charge in [0.15, 0.2) is 15.7 Å². The Balaban J connectivity index is 1.69. The summed E-state index contributed by atoms with van der Waals surface area (Å²) in [7, 11) is -3.06. The van der Waals surface area contributed by atoms with Gasteiger partial charge in [-0.05, 0) is 25.5 Å². The molecular formula is C12H13N3O3S3. The van der Waals surface area contributed by atoms with E-state index in [1.54, 1.807) is 11.3 Å².